The van der Waals surface area contributed by atoms with E-state index in [1.165, 1.54) is 18.9 Å². The van der Waals surface area contributed by atoms with Gasteiger partial charge in [0.05, 0.1) is 0 Å². The Labute approximate surface area is 123 Å². The van der Waals surface area contributed by atoms with Gasteiger partial charge >= 0.3 is 0 Å². The Morgan fingerprint density at radius 3 is 2.00 bits per heavy atom. The van der Waals surface area contributed by atoms with Gasteiger partial charge in [0.15, 0.2) is 22.1 Å². The molecule has 1 saturated heterocycles. The van der Waals surface area contributed by atoms with E-state index in [0.29, 0.717) is 0 Å². The van der Waals surface area contributed by atoms with Crippen molar-refractivity contribution in [3.8, 4) is 0 Å². The molecule has 4 nitrogen and oxygen atoms in total. The van der Waals surface area contributed by atoms with Gasteiger partial charge in [-0.25, -0.2) is 0 Å². The standard InChI is InChI=1S/C4H8NO.C4H14OSi2.C2H10OSi2/c6-5-3-1-2-4-5;1-2-3-4-7-5-6;1-5(2)3-4/h1-4H2;2-4,7H2,1,6H3;5H,1-2,4H3/q+1;;. The fraction of sp³-hybridized carbons (Fsp3) is 1.00. The summed E-state index contributed by atoms with van der Waals surface area (Å²) < 4.78 is 11.3. The number of hydrogen-bond donors (Lipinski definition) is 0. The van der Waals surface area contributed by atoms with E-state index >= 15 is 0 Å². The van der Waals surface area contributed by atoms with Crippen molar-refractivity contribution in [2.24, 2.45) is 0 Å². The fourth-order valence-electron chi connectivity index (χ4n) is 1.18. The van der Waals surface area contributed by atoms with E-state index in [4.69, 9.17) is 8.23 Å². The average Bonchev–Trinajstić information content (AvgIpc) is 2.82. The van der Waals surface area contributed by atoms with Crippen molar-refractivity contribution >= 4 is 39.8 Å². The Balaban J connectivity index is 0. The molecule has 0 amide bonds. The first-order valence-corrected chi connectivity index (χ1v) is 13.0. The van der Waals surface area contributed by atoms with E-state index in [2.05, 4.69) is 20.0 Å². The zero-order valence-electron chi connectivity index (χ0n) is 12.9. The van der Waals surface area contributed by atoms with Crippen LogP contribution in [0.1, 0.15) is 32.6 Å². The molecule has 8 heteroatoms. The van der Waals surface area contributed by atoms with E-state index in [-0.39, 0.29) is 9.76 Å². The lowest BCUT2D eigenvalue weighted by atomic mass is 10.4. The second-order valence-corrected chi connectivity index (χ2v) is 12.0. The van der Waals surface area contributed by atoms with Crippen LogP contribution in [0, 0.1) is 4.91 Å². The smallest absolute Gasteiger partial charge is 0.192 e. The molecule has 0 aliphatic carbocycles. The first-order chi connectivity index (χ1) is 8.58. The van der Waals surface area contributed by atoms with E-state index in [9.17, 15) is 4.91 Å². The molecule has 0 unspecified atom stereocenters. The van der Waals surface area contributed by atoms with Gasteiger partial charge in [0, 0.05) is 17.7 Å². The molecule has 0 aromatic heterocycles. The Hall–Kier alpha value is 0.388. The number of nitroso groups, excluding NO2 is 1. The van der Waals surface area contributed by atoms with Crippen LogP contribution in [0.3, 0.4) is 0 Å². The lowest BCUT2D eigenvalue weighted by Crippen LogP contribution is -2.02. The van der Waals surface area contributed by atoms with Crippen LogP contribution in [0.5, 0.6) is 0 Å². The van der Waals surface area contributed by atoms with Crippen LogP contribution in [0.15, 0.2) is 0 Å². The second kappa shape index (κ2) is 17.4. The monoisotopic (exact) mass is 326 g/mol. The SMILES string of the molecule is CCCC[SiH2]O[SiH3].C[SiH](C)O[SiH3].O=[N+]1CCCC1. The minimum atomic E-state index is -0.588. The van der Waals surface area contributed by atoms with Gasteiger partial charge in [-0.1, -0.05) is 19.8 Å². The molecule has 0 bridgehead atoms. The molecule has 0 spiro atoms. The average molecular weight is 327 g/mol. The summed E-state index contributed by atoms with van der Waals surface area (Å²) in [6.45, 7) is 8.10. The van der Waals surface area contributed by atoms with Gasteiger partial charge in [0.25, 0.3) is 0 Å². The predicted molar refractivity (Wildman–Crippen MR) is 91.8 cm³/mol. The lowest BCUT2D eigenvalue weighted by Gasteiger charge is -1.93. The van der Waals surface area contributed by atoms with Gasteiger partial charge in [0.1, 0.15) is 30.7 Å². The maximum absolute atomic E-state index is 10.2. The fourth-order valence-corrected chi connectivity index (χ4v) is 3.04. The summed E-state index contributed by atoms with van der Waals surface area (Å²) >= 11 is 0. The van der Waals surface area contributed by atoms with Crippen LogP contribution in [0.25, 0.3) is 0 Å². The van der Waals surface area contributed by atoms with Crippen molar-refractivity contribution in [1.29, 1.82) is 0 Å². The minimum Gasteiger partial charge on any atom is -0.468 e. The Morgan fingerprint density at radius 1 is 1.28 bits per heavy atom. The molecular weight excluding hydrogens is 294 g/mol. The van der Waals surface area contributed by atoms with Gasteiger partial charge in [-0.05, 0) is 23.9 Å². The zero-order valence-corrected chi connectivity index (χ0v) is 19.5. The third-order valence-corrected chi connectivity index (χ3v) is 8.68. The quantitative estimate of drug-likeness (QED) is 0.385. The van der Waals surface area contributed by atoms with Gasteiger partial charge in [-0.2, -0.15) is 0 Å². The number of nitrogens with zero attached hydrogens (tertiary/aromatic N) is 1. The number of unbranched alkanes of at least 4 members (excludes halogenated alkanes) is 1. The molecule has 0 aromatic rings. The van der Waals surface area contributed by atoms with Crippen LogP contribution in [0.2, 0.25) is 19.1 Å². The van der Waals surface area contributed by atoms with Crippen molar-refractivity contribution in [3.05, 3.63) is 4.91 Å². The summed E-state index contributed by atoms with van der Waals surface area (Å²) in [4.78, 5) is 10.2. The van der Waals surface area contributed by atoms with Crippen molar-refractivity contribution in [3.63, 3.8) is 0 Å². The molecule has 1 heterocycles. The number of rotatable bonds is 5. The van der Waals surface area contributed by atoms with Crippen molar-refractivity contribution in [1.82, 2.24) is 0 Å². The normalized spacial score (nSPS) is 14.8. The van der Waals surface area contributed by atoms with E-state index in [1.54, 1.807) is 0 Å². The first-order valence-electron chi connectivity index (χ1n) is 7.02. The topological polar surface area (TPSA) is 38.5 Å². The second-order valence-electron chi connectivity index (χ2n) is 4.62. The predicted octanol–water partition coefficient (Wildman–Crippen LogP) is -0.589. The molecule has 1 aliphatic heterocycles. The summed E-state index contributed by atoms with van der Waals surface area (Å²) in [5.41, 5.74) is 0. The van der Waals surface area contributed by atoms with Crippen LogP contribution >= 0.6 is 0 Å². The number of hydrogen-bond acceptors (Lipinski definition) is 3. The van der Waals surface area contributed by atoms with Gasteiger partial charge in [0.2, 0.25) is 0 Å². The highest BCUT2D eigenvalue weighted by atomic mass is 28.3. The molecule has 1 rings (SSSR count). The van der Waals surface area contributed by atoms with Crippen molar-refractivity contribution < 1.29 is 13.0 Å². The molecule has 0 radical (unpaired) electrons. The van der Waals surface area contributed by atoms with Gasteiger partial charge in [-0.15, -0.1) is 0 Å². The van der Waals surface area contributed by atoms with Crippen LogP contribution in [-0.2, 0) is 8.23 Å². The highest BCUT2D eigenvalue weighted by molar-refractivity contribution is 6.52. The maximum atomic E-state index is 10.2. The van der Waals surface area contributed by atoms with Crippen molar-refractivity contribution in [2.75, 3.05) is 13.1 Å². The van der Waals surface area contributed by atoms with E-state index in [0.717, 1.165) is 51.7 Å². The summed E-state index contributed by atoms with van der Waals surface area (Å²) in [5, 5.41) is 0. The molecule has 0 N–H and O–H groups in total. The summed E-state index contributed by atoms with van der Waals surface area (Å²) in [6.07, 6.45) is 4.92. The highest BCUT2D eigenvalue weighted by Gasteiger charge is 2.14. The largest absolute Gasteiger partial charge is 0.468 e. The van der Waals surface area contributed by atoms with E-state index in [1.807, 2.05) is 0 Å². The third kappa shape index (κ3) is 21.6. The molecule has 1 aliphatic rings. The summed E-state index contributed by atoms with van der Waals surface area (Å²) in [7, 11) is 1.29. The van der Waals surface area contributed by atoms with E-state index < -0.39 is 9.04 Å². The lowest BCUT2D eigenvalue weighted by molar-refractivity contribution is -0.527. The Bertz CT molecular complexity index is 173. The van der Waals surface area contributed by atoms with Crippen LogP contribution < -0.4 is 0 Å². The van der Waals surface area contributed by atoms with Crippen molar-refractivity contribution in [2.45, 2.75) is 51.7 Å². The molecule has 0 saturated carbocycles. The first kappa shape index (κ1) is 20.7. The third-order valence-electron chi connectivity index (χ3n) is 2.49. The maximum Gasteiger partial charge on any atom is 0.192 e. The summed E-state index contributed by atoms with van der Waals surface area (Å²) in [6, 6.07) is 1.39. The molecule has 0 atom stereocenters. The van der Waals surface area contributed by atoms with Crippen LogP contribution in [-0.4, -0.2) is 57.6 Å². The molecule has 0 aromatic carbocycles. The zero-order chi connectivity index (χ0) is 14.2. The van der Waals surface area contributed by atoms with Gasteiger partial charge in [-0.3, -0.25) is 0 Å². The molecular formula is C10H32NO3Si4+. The van der Waals surface area contributed by atoms with Crippen LogP contribution in [0.4, 0.5) is 0 Å². The molecule has 18 heavy (non-hydrogen) atoms. The molecule has 1 fully saturated rings. The Kier molecular flexibility index (Phi) is 20.0. The minimum absolute atomic E-state index is 0.0276. The Morgan fingerprint density at radius 2 is 1.78 bits per heavy atom. The summed E-state index contributed by atoms with van der Waals surface area (Å²) in [5.74, 6) is 0. The van der Waals surface area contributed by atoms with Gasteiger partial charge < -0.3 is 8.23 Å². The highest BCUT2D eigenvalue weighted by Crippen LogP contribution is 1.98. The molecule has 110 valence electrons.